The average molecular weight is 376 g/mol. The van der Waals surface area contributed by atoms with Crippen LogP contribution in [0.15, 0.2) is 109 Å². The molecule has 3 nitrogen and oxygen atoms in total. The Morgan fingerprint density at radius 2 is 1.31 bits per heavy atom. The van der Waals surface area contributed by atoms with Gasteiger partial charge in [0.1, 0.15) is 18.2 Å². The van der Waals surface area contributed by atoms with E-state index in [1.807, 2.05) is 48.5 Å². The largest absolute Gasteiger partial charge is 0.489 e. The Labute approximate surface area is 169 Å². The minimum atomic E-state index is 0.558. The highest BCUT2D eigenvalue weighted by molar-refractivity contribution is 5.83. The van der Waals surface area contributed by atoms with E-state index in [2.05, 4.69) is 65.2 Å². The van der Waals surface area contributed by atoms with Gasteiger partial charge in [-0.25, -0.2) is 4.98 Å². The zero-order valence-corrected chi connectivity index (χ0v) is 15.9. The lowest BCUT2D eigenvalue weighted by Gasteiger charge is -2.10. The van der Waals surface area contributed by atoms with Crippen molar-refractivity contribution in [3.05, 3.63) is 115 Å². The van der Waals surface area contributed by atoms with Crippen LogP contribution in [0.5, 0.6) is 5.75 Å². The van der Waals surface area contributed by atoms with E-state index in [9.17, 15) is 0 Å². The first-order valence-electron chi connectivity index (χ1n) is 9.68. The molecule has 0 bridgehead atoms. The summed E-state index contributed by atoms with van der Waals surface area (Å²) in [7, 11) is 0. The molecular formula is C26H20N2O. The molecule has 0 unspecified atom stereocenters. The van der Waals surface area contributed by atoms with Gasteiger partial charge in [-0.1, -0.05) is 60.7 Å². The van der Waals surface area contributed by atoms with Gasteiger partial charge in [-0.3, -0.25) is 4.57 Å². The molecule has 5 aromatic rings. The molecule has 5 rings (SSSR count). The van der Waals surface area contributed by atoms with Crippen LogP contribution in [-0.2, 0) is 6.61 Å². The van der Waals surface area contributed by atoms with Gasteiger partial charge in [-0.15, -0.1) is 0 Å². The van der Waals surface area contributed by atoms with Gasteiger partial charge in [0.05, 0.1) is 11.0 Å². The third-order valence-electron chi connectivity index (χ3n) is 4.94. The number of imidazole rings is 1. The van der Waals surface area contributed by atoms with Gasteiger partial charge in [0.2, 0.25) is 0 Å². The van der Waals surface area contributed by atoms with E-state index in [-0.39, 0.29) is 0 Å². The number of rotatable bonds is 5. The zero-order valence-electron chi connectivity index (χ0n) is 15.9. The molecule has 0 aliphatic heterocycles. The molecular weight excluding hydrogens is 356 g/mol. The Kier molecular flexibility index (Phi) is 4.55. The van der Waals surface area contributed by atoms with Crippen LogP contribution in [0.4, 0.5) is 0 Å². The van der Waals surface area contributed by atoms with Crippen molar-refractivity contribution in [2.24, 2.45) is 0 Å². The molecule has 3 heteroatoms. The van der Waals surface area contributed by atoms with Crippen LogP contribution in [0.3, 0.4) is 0 Å². The van der Waals surface area contributed by atoms with E-state index >= 15 is 0 Å². The van der Waals surface area contributed by atoms with E-state index in [0.717, 1.165) is 39.4 Å². The topological polar surface area (TPSA) is 27.1 Å². The fourth-order valence-corrected chi connectivity index (χ4v) is 3.50. The minimum absolute atomic E-state index is 0.558. The summed E-state index contributed by atoms with van der Waals surface area (Å²) in [6, 6.07) is 36.9. The normalized spacial score (nSPS) is 10.9. The maximum atomic E-state index is 5.93. The molecule has 0 radical (unpaired) electrons. The predicted octanol–water partition coefficient (Wildman–Crippen LogP) is 6.27. The van der Waals surface area contributed by atoms with E-state index in [4.69, 9.17) is 9.72 Å². The van der Waals surface area contributed by atoms with Gasteiger partial charge in [0, 0.05) is 11.3 Å². The van der Waals surface area contributed by atoms with E-state index in [1.165, 1.54) is 0 Å². The fraction of sp³-hybridized carbons (Fsp3) is 0.0385. The first-order chi connectivity index (χ1) is 14.4. The molecule has 0 saturated heterocycles. The second kappa shape index (κ2) is 7.64. The summed E-state index contributed by atoms with van der Waals surface area (Å²) in [6.07, 6.45) is 0. The maximum Gasteiger partial charge on any atom is 0.145 e. The summed E-state index contributed by atoms with van der Waals surface area (Å²) in [5.74, 6) is 1.77. The van der Waals surface area contributed by atoms with Crippen molar-refractivity contribution in [1.82, 2.24) is 9.55 Å². The fourth-order valence-electron chi connectivity index (χ4n) is 3.50. The molecule has 0 spiro atoms. The van der Waals surface area contributed by atoms with Crippen LogP contribution < -0.4 is 4.74 Å². The minimum Gasteiger partial charge on any atom is -0.489 e. The standard InChI is InChI=1S/C26H20N2O/c1-3-9-20(10-4-1)19-29-23-17-15-21(16-18-23)26-27-24-13-7-8-14-25(24)28(26)22-11-5-2-6-12-22/h1-18H,19H2. The monoisotopic (exact) mass is 376 g/mol. The van der Waals surface area contributed by atoms with Crippen molar-refractivity contribution in [3.63, 3.8) is 0 Å². The summed E-state index contributed by atoms with van der Waals surface area (Å²) < 4.78 is 8.13. The summed E-state index contributed by atoms with van der Waals surface area (Å²) >= 11 is 0. The number of hydrogen-bond acceptors (Lipinski definition) is 2. The molecule has 140 valence electrons. The number of aromatic nitrogens is 2. The number of nitrogens with zero attached hydrogens (tertiary/aromatic N) is 2. The molecule has 29 heavy (non-hydrogen) atoms. The lowest BCUT2D eigenvalue weighted by molar-refractivity contribution is 0.306. The lowest BCUT2D eigenvalue weighted by Crippen LogP contribution is -1.98. The Morgan fingerprint density at radius 1 is 0.655 bits per heavy atom. The van der Waals surface area contributed by atoms with Crippen LogP contribution in [-0.4, -0.2) is 9.55 Å². The predicted molar refractivity (Wildman–Crippen MR) is 117 cm³/mol. The SMILES string of the molecule is c1ccc(COc2ccc(-c3nc4ccccc4n3-c3ccccc3)cc2)cc1. The Morgan fingerprint density at radius 3 is 2.07 bits per heavy atom. The second-order valence-electron chi connectivity index (χ2n) is 6.89. The van der Waals surface area contributed by atoms with Crippen molar-refractivity contribution in [2.75, 3.05) is 0 Å². The van der Waals surface area contributed by atoms with Crippen LogP contribution in [0.1, 0.15) is 5.56 Å². The first kappa shape index (κ1) is 17.3. The highest BCUT2D eigenvalue weighted by Crippen LogP contribution is 2.29. The van der Waals surface area contributed by atoms with Crippen LogP contribution >= 0.6 is 0 Å². The quantitative estimate of drug-likeness (QED) is 0.361. The van der Waals surface area contributed by atoms with Gasteiger partial charge in [0.15, 0.2) is 0 Å². The van der Waals surface area contributed by atoms with Crippen LogP contribution in [0.25, 0.3) is 28.1 Å². The number of benzene rings is 4. The summed E-state index contributed by atoms with van der Waals surface area (Å²) in [4.78, 5) is 4.90. The maximum absolute atomic E-state index is 5.93. The van der Waals surface area contributed by atoms with Crippen molar-refractivity contribution in [3.8, 4) is 22.8 Å². The van der Waals surface area contributed by atoms with Crippen molar-refractivity contribution >= 4 is 11.0 Å². The van der Waals surface area contributed by atoms with Gasteiger partial charge < -0.3 is 4.74 Å². The van der Waals surface area contributed by atoms with E-state index in [0.29, 0.717) is 6.61 Å². The first-order valence-corrected chi connectivity index (χ1v) is 9.68. The molecule has 1 heterocycles. The van der Waals surface area contributed by atoms with Crippen molar-refractivity contribution < 1.29 is 4.74 Å². The van der Waals surface area contributed by atoms with Gasteiger partial charge in [0.25, 0.3) is 0 Å². The molecule has 4 aromatic carbocycles. The zero-order chi connectivity index (χ0) is 19.5. The molecule has 1 aromatic heterocycles. The van der Waals surface area contributed by atoms with Gasteiger partial charge >= 0.3 is 0 Å². The van der Waals surface area contributed by atoms with Crippen LogP contribution in [0, 0.1) is 0 Å². The summed E-state index contributed by atoms with van der Waals surface area (Å²) in [5.41, 5.74) is 5.38. The van der Waals surface area contributed by atoms with Gasteiger partial charge in [-0.2, -0.15) is 0 Å². The molecule has 0 amide bonds. The Hall–Kier alpha value is -3.85. The third kappa shape index (κ3) is 3.50. The highest BCUT2D eigenvalue weighted by Gasteiger charge is 2.13. The second-order valence-corrected chi connectivity index (χ2v) is 6.89. The molecule has 0 N–H and O–H groups in total. The van der Waals surface area contributed by atoms with Gasteiger partial charge in [-0.05, 0) is 54.1 Å². The van der Waals surface area contributed by atoms with E-state index in [1.54, 1.807) is 0 Å². The molecule has 0 saturated carbocycles. The highest BCUT2D eigenvalue weighted by atomic mass is 16.5. The molecule has 0 atom stereocenters. The third-order valence-corrected chi connectivity index (χ3v) is 4.94. The van der Waals surface area contributed by atoms with Crippen molar-refractivity contribution in [2.45, 2.75) is 6.61 Å². The number of para-hydroxylation sites is 3. The van der Waals surface area contributed by atoms with Crippen molar-refractivity contribution in [1.29, 1.82) is 0 Å². The summed E-state index contributed by atoms with van der Waals surface area (Å²) in [5, 5.41) is 0. The van der Waals surface area contributed by atoms with E-state index < -0.39 is 0 Å². The summed E-state index contributed by atoms with van der Waals surface area (Å²) in [6.45, 7) is 0.558. The Balaban J connectivity index is 1.49. The van der Waals surface area contributed by atoms with Crippen LogP contribution in [0.2, 0.25) is 0 Å². The molecule has 0 aliphatic rings. The smallest absolute Gasteiger partial charge is 0.145 e. The number of fused-ring (bicyclic) bond motifs is 1. The molecule has 0 fully saturated rings. The lowest BCUT2D eigenvalue weighted by atomic mass is 10.2. The Bertz CT molecular complexity index is 1230. The number of ether oxygens (including phenoxy) is 1. The molecule has 0 aliphatic carbocycles. The average Bonchev–Trinajstić information content (AvgIpc) is 3.19. The number of hydrogen-bond donors (Lipinski definition) is 0.